The third-order valence-electron chi connectivity index (χ3n) is 2.07. The SMILES string of the molecule is CCC(C)(C)c1cnc(N)s1. The fraction of sp³-hybridized carbons (Fsp3) is 0.625. The average Bonchev–Trinajstić information content (AvgIpc) is 2.36. The Morgan fingerprint density at radius 2 is 2.27 bits per heavy atom. The van der Waals surface area contributed by atoms with Gasteiger partial charge in [0.25, 0.3) is 0 Å². The molecule has 0 fully saturated rings. The number of aromatic nitrogens is 1. The number of thiazole rings is 1. The summed E-state index contributed by atoms with van der Waals surface area (Å²) in [6, 6.07) is 0. The lowest BCUT2D eigenvalue weighted by atomic mass is 9.89. The Labute approximate surface area is 71.5 Å². The summed E-state index contributed by atoms with van der Waals surface area (Å²) in [5.41, 5.74) is 5.77. The number of nitrogens with zero attached hydrogens (tertiary/aromatic N) is 1. The number of anilines is 1. The minimum atomic E-state index is 0.231. The fourth-order valence-corrected chi connectivity index (χ4v) is 1.63. The molecule has 1 rings (SSSR count). The highest BCUT2D eigenvalue weighted by Gasteiger charge is 2.20. The van der Waals surface area contributed by atoms with Crippen molar-refractivity contribution in [1.82, 2.24) is 4.98 Å². The second-order valence-electron chi connectivity index (χ2n) is 3.30. The Kier molecular flexibility index (Phi) is 2.18. The summed E-state index contributed by atoms with van der Waals surface area (Å²) in [7, 11) is 0. The molecule has 0 aliphatic carbocycles. The summed E-state index contributed by atoms with van der Waals surface area (Å²) < 4.78 is 0. The van der Waals surface area contributed by atoms with Crippen LogP contribution in [0.1, 0.15) is 32.1 Å². The quantitative estimate of drug-likeness (QED) is 0.740. The molecule has 0 aliphatic heterocycles. The molecule has 2 N–H and O–H groups in total. The van der Waals surface area contributed by atoms with E-state index in [9.17, 15) is 0 Å². The predicted molar refractivity (Wildman–Crippen MR) is 49.8 cm³/mol. The summed E-state index contributed by atoms with van der Waals surface area (Å²) >= 11 is 1.59. The van der Waals surface area contributed by atoms with Gasteiger partial charge in [-0.05, 0) is 6.42 Å². The van der Waals surface area contributed by atoms with E-state index in [1.807, 2.05) is 6.20 Å². The Morgan fingerprint density at radius 1 is 1.64 bits per heavy atom. The molecule has 3 heteroatoms. The van der Waals surface area contributed by atoms with E-state index in [1.54, 1.807) is 11.3 Å². The monoisotopic (exact) mass is 170 g/mol. The first-order chi connectivity index (χ1) is 5.06. The molecule has 1 aromatic rings. The van der Waals surface area contributed by atoms with Crippen molar-refractivity contribution in [2.24, 2.45) is 0 Å². The molecular weight excluding hydrogens is 156 g/mol. The molecule has 0 unspecified atom stereocenters. The minimum absolute atomic E-state index is 0.231. The topological polar surface area (TPSA) is 38.9 Å². The van der Waals surface area contributed by atoms with Gasteiger partial charge in [-0.3, -0.25) is 0 Å². The van der Waals surface area contributed by atoms with Gasteiger partial charge in [0.1, 0.15) is 0 Å². The van der Waals surface area contributed by atoms with E-state index in [0.717, 1.165) is 6.42 Å². The number of hydrogen-bond donors (Lipinski definition) is 1. The zero-order valence-electron chi connectivity index (χ0n) is 7.22. The van der Waals surface area contributed by atoms with Crippen molar-refractivity contribution >= 4 is 16.5 Å². The molecule has 0 aromatic carbocycles. The standard InChI is InChI=1S/C8H14N2S/c1-4-8(2,3)6-5-10-7(9)11-6/h5H,4H2,1-3H3,(H2,9,10). The van der Waals surface area contributed by atoms with Crippen molar-refractivity contribution in [3.05, 3.63) is 11.1 Å². The summed E-state index contributed by atoms with van der Waals surface area (Å²) in [6.45, 7) is 6.59. The summed E-state index contributed by atoms with van der Waals surface area (Å²) in [5, 5.41) is 0.668. The molecule has 62 valence electrons. The van der Waals surface area contributed by atoms with Crippen molar-refractivity contribution in [1.29, 1.82) is 0 Å². The van der Waals surface area contributed by atoms with Crippen LogP contribution in [-0.4, -0.2) is 4.98 Å². The van der Waals surface area contributed by atoms with Crippen LogP contribution in [0.5, 0.6) is 0 Å². The second-order valence-corrected chi connectivity index (χ2v) is 4.36. The van der Waals surface area contributed by atoms with Gasteiger partial charge >= 0.3 is 0 Å². The van der Waals surface area contributed by atoms with E-state index in [0.29, 0.717) is 5.13 Å². The summed E-state index contributed by atoms with van der Waals surface area (Å²) in [6.07, 6.45) is 3.00. The first kappa shape index (κ1) is 8.53. The van der Waals surface area contributed by atoms with Gasteiger partial charge in [-0.25, -0.2) is 4.98 Å². The average molecular weight is 170 g/mol. The maximum absolute atomic E-state index is 5.54. The Bertz CT molecular complexity index is 240. The second kappa shape index (κ2) is 2.81. The van der Waals surface area contributed by atoms with Gasteiger partial charge in [0.05, 0.1) is 0 Å². The molecule has 0 atom stereocenters. The Morgan fingerprint density at radius 3 is 2.64 bits per heavy atom. The molecule has 11 heavy (non-hydrogen) atoms. The minimum Gasteiger partial charge on any atom is -0.375 e. The van der Waals surface area contributed by atoms with Crippen LogP contribution in [0, 0.1) is 0 Å². The van der Waals surface area contributed by atoms with Crippen molar-refractivity contribution < 1.29 is 0 Å². The van der Waals surface area contributed by atoms with E-state index in [2.05, 4.69) is 25.8 Å². The predicted octanol–water partition coefficient (Wildman–Crippen LogP) is 2.41. The molecule has 0 saturated carbocycles. The molecule has 2 nitrogen and oxygen atoms in total. The van der Waals surface area contributed by atoms with Crippen LogP contribution in [-0.2, 0) is 5.41 Å². The Balaban J connectivity index is 2.92. The van der Waals surface area contributed by atoms with Gasteiger partial charge in [-0.1, -0.05) is 20.8 Å². The van der Waals surface area contributed by atoms with E-state index in [1.165, 1.54) is 4.88 Å². The van der Waals surface area contributed by atoms with Gasteiger partial charge < -0.3 is 5.73 Å². The van der Waals surface area contributed by atoms with Gasteiger partial charge in [0.15, 0.2) is 5.13 Å². The number of nitrogens with two attached hydrogens (primary N) is 1. The molecular formula is C8H14N2S. The highest BCUT2D eigenvalue weighted by atomic mass is 32.1. The van der Waals surface area contributed by atoms with E-state index >= 15 is 0 Å². The van der Waals surface area contributed by atoms with E-state index in [-0.39, 0.29) is 5.41 Å². The van der Waals surface area contributed by atoms with Crippen molar-refractivity contribution in [3.8, 4) is 0 Å². The van der Waals surface area contributed by atoms with Gasteiger partial charge in [0.2, 0.25) is 0 Å². The molecule has 0 aliphatic rings. The number of hydrogen-bond acceptors (Lipinski definition) is 3. The molecule has 0 amide bonds. The lowest BCUT2D eigenvalue weighted by molar-refractivity contribution is 0.516. The van der Waals surface area contributed by atoms with Crippen LogP contribution in [0.15, 0.2) is 6.20 Å². The molecule has 1 aromatic heterocycles. The molecule has 0 bridgehead atoms. The maximum Gasteiger partial charge on any atom is 0.180 e. The molecule has 0 saturated heterocycles. The fourth-order valence-electron chi connectivity index (χ4n) is 0.775. The van der Waals surface area contributed by atoms with E-state index in [4.69, 9.17) is 5.73 Å². The largest absolute Gasteiger partial charge is 0.375 e. The first-order valence-electron chi connectivity index (χ1n) is 3.78. The molecule has 0 radical (unpaired) electrons. The van der Waals surface area contributed by atoms with E-state index < -0.39 is 0 Å². The van der Waals surface area contributed by atoms with Crippen LogP contribution >= 0.6 is 11.3 Å². The van der Waals surface area contributed by atoms with Crippen LogP contribution in [0.25, 0.3) is 0 Å². The van der Waals surface area contributed by atoms with Crippen molar-refractivity contribution in [3.63, 3.8) is 0 Å². The van der Waals surface area contributed by atoms with Gasteiger partial charge in [-0.2, -0.15) is 0 Å². The lowest BCUT2D eigenvalue weighted by Crippen LogP contribution is -2.12. The lowest BCUT2D eigenvalue weighted by Gasteiger charge is -2.19. The summed E-state index contributed by atoms with van der Waals surface area (Å²) in [4.78, 5) is 5.30. The van der Waals surface area contributed by atoms with Crippen LogP contribution < -0.4 is 5.73 Å². The number of nitrogen functional groups attached to an aromatic ring is 1. The zero-order chi connectivity index (χ0) is 8.48. The summed E-state index contributed by atoms with van der Waals surface area (Å²) in [5.74, 6) is 0. The van der Waals surface area contributed by atoms with Crippen LogP contribution in [0.4, 0.5) is 5.13 Å². The third kappa shape index (κ3) is 1.71. The normalized spacial score (nSPS) is 11.9. The molecule has 0 spiro atoms. The van der Waals surface area contributed by atoms with Gasteiger partial charge in [-0.15, -0.1) is 11.3 Å². The van der Waals surface area contributed by atoms with Crippen LogP contribution in [0.2, 0.25) is 0 Å². The highest BCUT2D eigenvalue weighted by molar-refractivity contribution is 7.15. The van der Waals surface area contributed by atoms with Crippen molar-refractivity contribution in [2.45, 2.75) is 32.6 Å². The maximum atomic E-state index is 5.54. The smallest absolute Gasteiger partial charge is 0.180 e. The first-order valence-corrected chi connectivity index (χ1v) is 4.59. The van der Waals surface area contributed by atoms with Crippen LogP contribution in [0.3, 0.4) is 0 Å². The number of rotatable bonds is 2. The van der Waals surface area contributed by atoms with Gasteiger partial charge in [0, 0.05) is 16.5 Å². The zero-order valence-corrected chi connectivity index (χ0v) is 8.03. The van der Waals surface area contributed by atoms with Crippen molar-refractivity contribution in [2.75, 3.05) is 5.73 Å². The molecule has 1 heterocycles. The highest BCUT2D eigenvalue weighted by Crippen LogP contribution is 2.31. The Hall–Kier alpha value is -0.570. The third-order valence-corrected chi connectivity index (χ3v) is 3.27.